The molecule has 0 spiro atoms. The van der Waals surface area contributed by atoms with Crippen LogP contribution in [0.15, 0.2) is 84.9 Å². The van der Waals surface area contributed by atoms with Crippen molar-refractivity contribution in [1.29, 1.82) is 0 Å². The van der Waals surface area contributed by atoms with Gasteiger partial charge in [0.1, 0.15) is 23.9 Å². The normalized spacial score (nSPS) is 19.7. The smallest absolute Gasteiger partial charge is 0.255 e. The van der Waals surface area contributed by atoms with Gasteiger partial charge in [-0.3, -0.25) is 24.0 Å². The number of aryl methyl sites for hydroxylation is 1. The molecule has 47 heavy (non-hydrogen) atoms. The van der Waals surface area contributed by atoms with E-state index in [9.17, 15) is 29.1 Å². The van der Waals surface area contributed by atoms with Crippen LogP contribution in [-0.4, -0.2) is 79.1 Å². The van der Waals surface area contributed by atoms with Crippen LogP contribution in [-0.2, 0) is 32.0 Å². The maximum absolute atomic E-state index is 13.4. The molecule has 248 valence electrons. The number of carbonyl (C=O) groups excluding carboxylic acids is 5. The van der Waals surface area contributed by atoms with E-state index in [1.807, 2.05) is 60.7 Å². The zero-order valence-electron chi connectivity index (χ0n) is 26.1. The van der Waals surface area contributed by atoms with E-state index in [1.54, 1.807) is 24.3 Å². The van der Waals surface area contributed by atoms with Gasteiger partial charge in [0.15, 0.2) is 0 Å². The van der Waals surface area contributed by atoms with Gasteiger partial charge in [0, 0.05) is 19.5 Å². The van der Waals surface area contributed by atoms with Crippen molar-refractivity contribution in [2.75, 3.05) is 26.3 Å². The highest BCUT2D eigenvalue weighted by Gasteiger charge is 2.30. The highest BCUT2D eigenvalue weighted by Crippen LogP contribution is 2.18. The van der Waals surface area contributed by atoms with Crippen LogP contribution in [0.4, 0.5) is 0 Å². The Labute approximate surface area is 273 Å². The number of hydrogen-bond acceptors (Lipinski definition) is 7. The minimum absolute atomic E-state index is 0.162. The molecule has 4 rings (SSSR count). The van der Waals surface area contributed by atoms with Crippen LogP contribution in [0, 0.1) is 0 Å². The van der Waals surface area contributed by atoms with E-state index in [0.29, 0.717) is 19.4 Å². The SMILES string of the molecule is O=C1C[C@@H](C(=O)NCCCc2ccccc2)NC(=O)c2ccccc2OCCCNC(=O)[C@H](Cc2ccccc2)NC(=O)[C@H](CO)N1. The third-order valence-electron chi connectivity index (χ3n) is 7.56. The van der Waals surface area contributed by atoms with Crippen LogP contribution < -0.4 is 31.3 Å². The third kappa shape index (κ3) is 11.0. The van der Waals surface area contributed by atoms with Crippen LogP contribution in [0.2, 0.25) is 0 Å². The molecule has 12 heteroatoms. The van der Waals surface area contributed by atoms with Crippen molar-refractivity contribution < 1.29 is 33.8 Å². The molecule has 0 fully saturated rings. The Morgan fingerprint density at radius 3 is 2.21 bits per heavy atom. The van der Waals surface area contributed by atoms with E-state index in [2.05, 4.69) is 26.6 Å². The zero-order valence-corrected chi connectivity index (χ0v) is 26.1. The van der Waals surface area contributed by atoms with Crippen molar-refractivity contribution in [3.05, 3.63) is 102 Å². The van der Waals surface area contributed by atoms with Gasteiger partial charge in [-0.25, -0.2) is 0 Å². The van der Waals surface area contributed by atoms with Crippen LogP contribution in [0.1, 0.15) is 40.7 Å². The van der Waals surface area contributed by atoms with Gasteiger partial charge < -0.3 is 36.4 Å². The Hall–Kier alpha value is -5.23. The summed E-state index contributed by atoms with van der Waals surface area (Å²) in [5.41, 5.74) is 2.07. The van der Waals surface area contributed by atoms with Gasteiger partial charge >= 0.3 is 0 Å². The highest BCUT2D eigenvalue weighted by molar-refractivity contribution is 6.01. The van der Waals surface area contributed by atoms with Gasteiger partial charge in [-0.2, -0.15) is 0 Å². The first-order valence-electron chi connectivity index (χ1n) is 15.7. The Morgan fingerprint density at radius 1 is 0.809 bits per heavy atom. The number of amides is 5. The van der Waals surface area contributed by atoms with Crippen LogP contribution in [0.5, 0.6) is 5.75 Å². The van der Waals surface area contributed by atoms with Gasteiger partial charge in [0.25, 0.3) is 5.91 Å². The van der Waals surface area contributed by atoms with Crippen molar-refractivity contribution >= 4 is 29.5 Å². The molecule has 0 radical (unpaired) electrons. The molecule has 0 saturated heterocycles. The molecule has 5 amide bonds. The standard InChI is InChI=1S/C35H41N5O7/c41-23-29-35(46)40-27(21-25-13-5-2-6-14-25)33(44)37-19-10-20-47-30-17-8-7-16-26(30)32(43)39-28(22-31(42)38-29)34(45)36-18-9-15-24-11-3-1-4-12-24/h1-8,11-14,16-17,27-29,41H,9-10,15,18-23H2,(H,36,45)(H,37,44)(H,38,42)(H,39,43)(H,40,46)/t27-,28-,29-/m0/s1. The third-order valence-corrected chi connectivity index (χ3v) is 7.56. The van der Waals surface area contributed by atoms with Crippen molar-refractivity contribution in [2.45, 2.75) is 50.2 Å². The molecule has 0 bridgehead atoms. The number of nitrogens with one attached hydrogen (secondary N) is 5. The number of aliphatic hydroxyl groups excluding tert-OH is 1. The quantitative estimate of drug-likeness (QED) is 0.199. The Morgan fingerprint density at radius 2 is 1.49 bits per heavy atom. The fourth-order valence-electron chi connectivity index (χ4n) is 5.05. The number of rotatable bonds is 8. The minimum atomic E-state index is -1.41. The summed E-state index contributed by atoms with van der Waals surface area (Å²) in [5.74, 6) is -2.93. The van der Waals surface area contributed by atoms with E-state index in [0.717, 1.165) is 17.5 Å². The Balaban J connectivity index is 1.52. The summed E-state index contributed by atoms with van der Waals surface area (Å²) in [7, 11) is 0. The second kappa shape index (κ2) is 18.1. The topological polar surface area (TPSA) is 175 Å². The molecular weight excluding hydrogens is 602 g/mol. The Bertz CT molecular complexity index is 1500. The largest absolute Gasteiger partial charge is 0.493 e. The minimum Gasteiger partial charge on any atom is -0.493 e. The van der Waals surface area contributed by atoms with Gasteiger partial charge in [-0.15, -0.1) is 0 Å². The lowest BCUT2D eigenvalue weighted by Gasteiger charge is -2.24. The summed E-state index contributed by atoms with van der Waals surface area (Å²) in [4.78, 5) is 66.2. The summed E-state index contributed by atoms with van der Waals surface area (Å²) in [6.45, 7) is -0.0692. The van der Waals surface area contributed by atoms with Crippen LogP contribution in [0.25, 0.3) is 0 Å². The van der Waals surface area contributed by atoms with Crippen molar-refractivity contribution in [3.8, 4) is 5.75 Å². The number of hydrogen-bond donors (Lipinski definition) is 6. The number of para-hydroxylation sites is 1. The van der Waals surface area contributed by atoms with E-state index in [-0.39, 0.29) is 30.9 Å². The maximum Gasteiger partial charge on any atom is 0.255 e. The number of aliphatic hydroxyl groups is 1. The summed E-state index contributed by atoms with van der Waals surface area (Å²) in [5, 5.41) is 23.3. The van der Waals surface area contributed by atoms with Gasteiger partial charge in [0.05, 0.1) is 25.2 Å². The molecule has 12 nitrogen and oxygen atoms in total. The Kier molecular flexibility index (Phi) is 13.3. The summed E-state index contributed by atoms with van der Waals surface area (Å²) in [6.07, 6.45) is 1.41. The summed E-state index contributed by atoms with van der Waals surface area (Å²) in [6, 6.07) is 21.7. The first-order valence-corrected chi connectivity index (χ1v) is 15.7. The summed E-state index contributed by atoms with van der Waals surface area (Å²) >= 11 is 0. The zero-order chi connectivity index (χ0) is 33.4. The number of benzene rings is 3. The monoisotopic (exact) mass is 643 g/mol. The lowest BCUT2D eigenvalue weighted by atomic mass is 10.0. The van der Waals surface area contributed by atoms with Crippen LogP contribution >= 0.6 is 0 Å². The molecule has 0 aliphatic carbocycles. The first-order chi connectivity index (χ1) is 22.8. The van der Waals surface area contributed by atoms with E-state index >= 15 is 0 Å². The molecule has 1 heterocycles. The predicted molar refractivity (Wildman–Crippen MR) is 174 cm³/mol. The fourth-order valence-corrected chi connectivity index (χ4v) is 5.05. The van der Waals surface area contributed by atoms with Gasteiger partial charge in [0.2, 0.25) is 23.6 Å². The highest BCUT2D eigenvalue weighted by atomic mass is 16.5. The molecule has 3 atom stereocenters. The number of fused-ring (bicyclic) bond motifs is 1. The molecule has 3 aromatic rings. The average molecular weight is 644 g/mol. The number of carbonyl (C=O) groups is 5. The molecule has 0 saturated carbocycles. The first kappa shape index (κ1) is 34.6. The molecule has 0 aromatic heterocycles. The maximum atomic E-state index is 13.4. The lowest BCUT2D eigenvalue weighted by Crippen LogP contribution is -2.56. The molecule has 3 aromatic carbocycles. The molecule has 6 N–H and O–H groups in total. The fraction of sp³-hybridized carbons (Fsp3) is 0.343. The van der Waals surface area contributed by atoms with Crippen molar-refractivity contribution in [1.82, 2.24) is 26.6 Å². The van der Waals surface area contributed by atoms with Crippen molar-refractivity contribution in [3.63, 3.8) is 0 Å². The molecule has 1 aliphatic heterocycles. The van der Waals surface area contributed by atoms with E-state index in [4.69, 9.17) is 4.74 Å². The summed E-state index contributed by atoms with van der Waals surface area (Å²) < 4.78 is 5.86. The average Bonchev–Trinajstić information content (AvgIpc) is 3.08. The molecule has 0 unspecified atom stereocenters. The lowest BCUT2D eigenvalue weighted by molar-refractivity contribution is -0.133. The number of ether oxygens (including phenoxy) is 1. The molecular formula is C35H41N5O7. The van der Waals surface area contributed by atoms with E-state index in [1.165, 1.54) is 0 Å². The van der Waals surface area contributed by atoms with Gasteiger partial charge in [-0.1, -0.05) is 72.8 Å². The second-order valence-electron chi connectivity index (χ2n) is 11.2. The van der Waals surface area contributed by atoms with Crippen LogP contribution in [0.3, 0.4) is 0 Å². The second-order valence-corrected chi connectivity index (χ2v) is 11.2. The molecule has 1 aliphatic rings. The van der Waals surface area contributed by atoms with Crippen molar-refractivity contribution in [2.24, 2.45) is 0 Å². The van der Waals surface area contributed by atoms with Gasteiger partial charge in [-0.05, 0) is 42.5 Å². The van der Waals surface area contributed by atoms with E-state index < -0.39 is 60.7 Å². The predicted octanol–water partition coefficient (Wildman–Crippen LogP) is 1.03.